The number of rotatable bonds is 4. The Bertz CT molecular complexity index is 561. The smallest absolute Gasteiger partial charge is 0.0632 e. The normalized spacial score (nSPS) is 14.9. The minimum Gasteiger partial charge on any atom is -0.397 e. The summed E-state index contributed by atoms with van der Waals surface area (Å²) in [5.41, 5.74) is 8.44. The first-order chi connectivity index (χ1) is 8.81. The zero-order valence-corrected chi connectivity index (χ0v) is 10.8. The van der Waals surface area contributed by atoms with Gasteiger partial charge < -0.3 is 10.6 Å². The first-order valence-corrected chi connectivity index (χ1v) is 6.70. The predicted octanol–water partition coefficient (Wildman–Crippen LogP) is 3.20. The molecule has 1 aliphatic carbocycles. The van der Waals surface area contributed by atoms with Gasteiger partial charge in [-0.2, -0.15) is 0 Å². The summed E-state index contributed by atoms with van der Waals surface area (Å²) in [6, 6.07) is 6.98. The Morgan fingerprint density at radius 2 is 2.17 bits per heavy atom. The molecule has 3 heteroatoms. The second-order valence-corrected chi connectivity index (χ2v) is 5.02. The number of hydrogen-bond donors (Lipinski definition) is 1. The van der Waals surface area contributed by atoms with Crippen molar-refractivity contribution in [3.8, 4) is 0 Å². The minimum atomic E-state index is 0.700. The van der Waals surface area contributed by atoms with Gasteiger partial charge in [-0.25, -0.2) is 0 Å². The van der Waals surface area contributed by atoms with Crippen molar-refractivity contribution in [2.75, 3.05) is 17.2 Å². The van der Waals surface area contributed by atoms with Crippen LogP contribution in [0.5, 0.6) is 0 Å². The third kappa shape index (κ3) is 1.90. The lowest BCUT2D eigenvalue weighted by Crippen LogP contribution is -2.27. The van der Waals surface area contributed by atoms with Crippen LogP contribution < -0.4 is 10.6 Å². The lowest BCUT2D eigenvalue weighted by Gasteiger charge is -2.26. The summed E-state index contributed by atoms with van der Waals surface area (Å²) < 4.78 is 0. The quantitative estimate of drug-likeness (QED) is 0.836. The highest BCUT2D eigenvalue weighted by Crippen LogP contribution is 2.37. The average molecular weight is 241 g/mol. The first-order valence-electron chi connectivity index (χ1n) is 6.70. The Hall–Kier alpha value is -1.77. The molecule has 1 saturated carbocycles. The Balaban J connectivity index is 2.07. The van der Waals surface area contributed by atoms with Crippen LogP contribution in [0.25, 0.3) is 10.8 Å². The predicted molar refractivity (Wildman–Crippen MR) is 76.8 cm³/mol. The van der Waals surface area contributed by atoms with Crippen molar-refractivity contribution in [1.29, 1.82) is 0 Å². The number of nitrogen functional groups attached to an aromatic ring is 1. The van der Waals surface area contributed by atoms with Crippen LogP contribution in [0.2, 0.25) is 0 Å². The highest BCUT2D eigenvalue weighted by Gasteiger charge is 2.29. The Kier molecular flexibility index (Phi) is 2.82. The standard InChI is InChI=1S/C15H19N3/c1-2-9-18(12-4-5-12)14-6-3-11-10-17-8-7-13(11)15(14)16/h3,6-8,10,12H,2,4-5,9,16H2,1H3. The van der Waals surface area contributed by atoms with E-state index in [0.717, 1.165) is 29.4 Å². The third-order valence-corrected chi connectivity index (χ3v) is 3.60. The summed E-state index contributed by atoms with van der Waals surface area (Å²) in [7, 11) is 0. The van der Waals surface area contributed by atoms with Crippen LogP contribution in [0.15, 0.2) is 30.6 Å². The summed E-state index contributed by atoms with van der Waals surface area (Å²) in [4.78, 5) is 6.61. The molecule has 2 aromatic rings. The molecule has 1 aromatic heterocycles. The molecule has 1 fully saturated rings. The fraction of sp³-hybridized carbons (Fsp3) is 0.400. The molecule has 0 saturated heterocycles. The van der Waals surface area contributed by atoms with Crippen LogP contribution >= 0.6 is 0 Å². The zero-order valence-electron chi connectivity index (χ0n) is 10.8. The number of fused-ring (bicyclic) bond motifs is 1. The van der Waals surface area contributed by atoms with Gasteiger partial charge >= 0.3 is 0 Å². The van der Waals surface area contributed by atoms with Crippen LogP contribution in [0.1, 0.15) is 26.2 Å². The van der Waals surface area contributed by atoms with E-state index in [4.69, 9.17) is 5.73 Å². The van der Waals surface area contributed by atoms with Gasteiger partial charge in [0.25, 0.3) is 0 Å². The van der Waals surface area contributed by atoms with Gasteiger partial charge in [0.15, 0.2) is 0 Å². The molecule has 3 rings (SSSR count). The zero-order chi connectivity index (χ0) is 12.5. The van der Waals surface area contributed by atoms with Crippen LogP contribution in [0.3, 0.4) is 0 Å². The van der Waals surface area contributed by atoms with E-state index in [2.05, 4.69) is 28.9 Å². The van der Waals surface area contributed by atoms with E-state index in [0.29, 0.717) is 6.04 Å². The summed E-state index contributed by atoms with van der Waals surface area (Å²) in [5, 5.41) is 2.23. The van der Waals surface area contributed by atoms with E-state index >= 15 is 0 Å². The molecule has 94 valence electrons. The van der Waals surface area contributed by atoms with Crippen molar-refractivity contribution in [1.82, 2.24) is 4.98 Å². The molecule has 1 heterocycles. The number of benzene rings is 1. The van der Waals surface area contributed by atoms with Gasteiger partial charge in [-0.15, -0.1) is 0 Å². The van der Waals surface area contributed by atoms with E-state index in [9.17, 15) is 0 Å². The monoisotopic (exact) mass is 241 g/mol. The second-order valence-electron chi connectivity index (χ2n) is 5.02. The molecule has 0 aliphatic heterocycles. The van der Waals surface area contributed by atoms with Crippen LogP contribution in [-0.2, 0) is 0 Å². The molecule has 0 amide bonds. The minimum absolute atomic E-state index is 0.700. The number of nitrogens with two attached hydrogens (primary N) is 1. The molecular weight excluding hydrogens is 222 g/mol. The van der Waals surface area contributed by atoms with Crippen LogP contribution in [0.4, 0.5) is 11.4 Å². The summed E-state index contributed by atoms with van der Waals surface area (Å²) in [6.45, 7) is 3.31. The second kappa shape index (κ2) is 4.48. The molecule has 3 nitrogen and oxygen atoms in total. The van der Waals surface area contributed by atoms with Crippen molar-refractivity contribution >= 4 is 22.1 Å². The first kappa shape index (κ1) is 11.3. The summed E-state index contributed by atoms with van der Waals surface area (Å²) >= 11 is 0. The largest absolute Gasteiger partial charge is 0.397 e. The van der Waals surface area contributed by atoms with E-state index in [1.807, 2.05) is 18.5 Å². The summed E-state index contributed by atoms with van der Waals surface area (Å²) in [5.74, 6) is 0. The Morgan fingerprint density at radius 1 is 1.33 bits per heavy atom. The van der Waals surface area contributed by atoms with E-state index in [1.54, 1.807) is 0 Å². The molecule has 2 N–H and O–H groups in total. The number of anilines is 2. The molecule has 0 unspecified atom stereocenters. The van der Waals surface area contributed by atoms with Crippen molar-refractivity contribution in [2.45, 2.75) is 32.2 Å². The van der Waals surface area contributed by atoms with Gasteiger partial charge in [-0.1, -0.05) is 13.0 Å². The van der Waals surface area contributed by atoms with Gasteiger partial charge in [0.2, 0.25) is 0 Å². The number of aromatic nitrogens is 1. The van der Waals surface area contributed by atoms with Gasteiger partial charge in [0.1, 0.15) is 0 Å². The van der Waals surface area contributed by atoms with E-state index in [1.165, 1.54) is 18.5 Å². The molecule has 1 aromatic carbocycles. The molecule has 0 spiro atoms. The van der Waals surface area contributed by atoms with Gasteiger partial charge in [0.05, 0.1) is 11.4 Å². The average Bonchev–Trinajstić information content (AvgIpc) is 3.22. The SMILES string of the molecule is CCCN(c1ccc2cnccc2c1N)C1CC1. The fourth-order valence-electron chi connectivity index (χ4n) is 2.56. The van der Waals surface area contributed by atoms with Crippen molar-refractivity contribution < 1.29 is 0 Å². The maximum absolute atomic E-state index is 6.35. The van der Waals surface area contributed by atoms with Crippen molar-refractivity contribution in [2.24, 2.45) is 0 Å². The molecule has 0 atom stereocenters. The highest BCUT2D eigenvalue weighted by atomic mass is 15.2. The molecular formula is C15H19N3. The summed E-state index contributed by atoms with van der Waals surface area (Å²) in [6.07, 6.45) is 7.44. The molecule has 18 heavy (non-hydrogen) atoms. The molecule has 0 bridgehead atoms. The lowest BCUT2D eigenvalue weighted by atomic mass is 10.1. The van der Waals surface area contributed by atoms with E-state index in [-0.39, 0.29) is 0 Å². The van der Waals surface area contributed by atoms with Crippen molar-refractivity contribution in [3.05, 3.63) is 30.6 Å². The number of hydrogen-bond acceptors (Lipinski definition) is 3. The van der Waals surface area contributed by atoms with E-state index < -0.39 is 0 Å². The molecule has 0 radical (unpaired) electrons. The maximum Gasteiger partial charge on any atom is 0.0632 e. The van der Waals surface area contributed by atoms with Gasteiger partial charge in [-0.3, -0.25) is 4.98 Å². The number of pyridine rings is 1. The number of nitrogens with zero attached hydrogens (tertiary/aromatic N) is 2. The van der Waals surface area contributed by atoms with Crippen LogP contribution in [-0.4, -0.2) is 17.6 Å². The molecule has 1 aliphatic rings. The highest BCUT2D eigenvalue weighted by molar-refractivity contribution is 5.98. The van der Waals surface area contributed by atoms with Gasteiger partial charge in [-0.05, 0) is 31.4 Å². The third-order valence-electron chi connectivity index (χ3n) is 3.60. The van der Waals surface area contributed by atoms with Crippen LogP contribution in [0, 0.1) is 0 Å². The van der Waals surface area contributed by atoms with Crippen molar-refractivity contribution in [3.63, 3.8) is 0 Å². The fourth-order valence-corrected chi connectivity index (χ4v) is 2.56. The lowest BCUT2D eigenvalue weighted by molar-refractivity contribution is 0.764. The Morgan fingerprint density at radius 3 is 2.89 bits per heavy atom. The van der Waals surface area contributed by atoms with Gasteiger partial charge in [0, 0.05) is 35.8 Å². The topological polar surface area (TPSA) is 42.2 Å². The Labute approximate surface area is 108 Å². The maximum atomic E-state index is 6.35.